The van der Waals surface area contributed by atoms with Crippen LogP contribution in [0, 0.1) is 19.7 Å². The number of aryl methyl sites for hydroxylation is 2. The number of aromatic amines is 1. The summed E-state index contributed by atoms with van der Waals surface area (Å²) in [6.45, 7) is 3.93. The van der Waals surface area contributed by atoms with E-state index in [-0.39, 0.29) is 11.4 Å². The van der Waals surface area contributed by atoms with Crippen molar-refractivity contribution < 1.29 is 4.39 Å². The molecule has 5 aromatic rings. The van der Waals surface area contributed by atoms with Crippen LogP contribution in [0.1, 0.15) is 16.1 Å². The molecule has 3 aromatic heterocycles. The molecule has 0 spiro atoms. The molecular weight excluding hydrogens is 457 g/mol. The number of benzene rings is 2. The van der Waals surface area contributed by atoms with Gasteiger partial charge in [0, 0.05) is 27.6 Å². The topological polar surface area (TPSA) is 75.9 Å². The van der Waals surface area contributed by atoms with Crippen LogP contribution in [0.3, 0.4) is 0 Å². The highest BCUT2D eigenvalue weighted by molar-refractivity contribution is 7.15. The Balaban J connectivity index is 1.59. The molecule has 0 bridgehead atoms. The normalized spacial score (nSPS) is 11.5. The van der Waals surface area contributed by atoms with Gasteiger partial charge in [-0.2, -0.15) is 4.68 Å². The first-order valence-electron chi connectivity index (χ1n) is 10.1. The van der Waals surface area contributed by atoms with Crippen molar-refractivity contribution in [3.63, 3.8) is 0 Å². The standard InChI is InChI=1S/C24H18FN5OS2/c1-14-15(2)33-23(27-14)26-12-19-21(17-6-4-3-5-7-17)29-30(22(19)31)24-28-20(13-32-24)16-8-10-18(25)11-9-16/h3-13,29H,1-2H3. The van der Waals surface area contributed by atoms with E-state index in [1.807, 2.05) is 49.6 Å². The number of aliphatic imine (C=N–C) groups is 1. The molecule has 9 heteroatoms. The van der Waals surface area contributed by atoms with Crippen molar-refractivity contribution in [3.05, 3.63) is 92.3 Å². The fourth-order valence-electron chi connectivity index (χ4n) is 3.28. The van der Waals surface area contributed by atoms with Crippen LogP contribution in [0.25, 0.3) is 27.6 Å². The van der Waals surface area contributed by atoms with Gasteiger partial charge in [0.25, 0.3) is 5.56 Å². The van der Waals surface area contributed by atoms with Gasteiger partial charge < -0.3 is 0 Å². The van der Waals surface area contributed by atoms with Gasteiger partial charge in [0.2, 0.25) is 10.3 Å². The molecule has 0 saturated heterocycles. The van der Waals surface area contributed by atoms with Crippen LogP contribution in [0.2, 0.25) is 0 Å². The average molecular weight is 476 g/mol. The maximum absolute atomic E-state index is 13.4. The minimum Gasteiger partial charge on any atom is -0.288 e. The fraction of sp³-hybridized carbons (Fsp3) is 0.0833. The molecule has 2 aromatic carbocycles. The second kappa shape index (κ2) is 8.68. The number of halogens is 1. The van der Waals surface area contributed by atoms with Gasteiger partial charge in [-0.3, -0.25) is 9.89 Å². The molecule has 0 aliphatic carbocycles. The SMILES string of the molecule is Cc1nc(N=Cc2c(-c3ccccc3)[nH]n(-c3nc(-c4ccc(F)cc4)cs3)c2=O)sc1C. The Morgan fingerprint density at radius 2 is 1.79 bits per heavy atom. The third-order valence-electron chi connectivity index (χ3n) is 5.13. The minimum atomic E-state index is -0.308. The van der Waals surface area contributed by atoms with Gasteiger partial charge in [0.05, 0.1) is 22.6 Å². The molecule has 0 radical (unpaired) electrons. The second-order valence-electron chi connectivity index (χ2n) is 7.33. The lowest BCUT2D eigenvalue weighted by atomic mass is 10.1. The molecule has 0 saturated carbocycles. The van der Waals surface area contributed by atoms with E-state index < -0.39 is 0 Å². The van der Waals surface area contributed by atoms with Crippen molar-refractivity contribution in [2.75, 3.05) is 0 Å². The Morgan fingerprint density at radius 3 is 2.48 bits per heavy atom. The molecule has 0 aliphatic rings. The predicted octanol–water partition coefficient (Wildman–Crippen LogP) is 5.92. The number of nitrogens with one attached hydrogen (secondary N) is 1. The van der Waals surface area contributed by atoms with Crippen LogP contribution in [0.4, 0.5) is 9.52 Å². The van der Waals surface area contributed by atoms with E-state index in [4.69, 9.17) is 0 Å². The summed E-state index contributed by atoms with van der Waals surface area (Å²) in [5.41, 5.74) is 4.04. The predicted molar refractivity (Wildman–Crippen MR) is 132 cm³/mol. The number of hydrogen-bond acceptors (Lipinski definition) is 6. The van der Waals surface area contributed by atoms with Gasteiger partial charge >= 0.3 is 0 Å². The maximum atomic E-state index is 13.4. The van der Waals surface area contributed by atoms with Gasteiger partial charge in [-0.25, -0.2) is 19.4 Å². The number of rotatable bonds is 5. The van der Waals surface area contributed by atoms with Crippen molar-refractivity contribution in [1.82, 2.24) is 19.7 Å². The molecule has 0 unspecified atom stereocenters. The first kappa shape index (κ1) is 21.2. The summed E-state index contributed by atoms with van der Waals surface area (Å²) in [4.78, 5) is 28.0. The summed E-state index contributed by atoms with van der Waals surface area (Å²) >= 11 is 2.81. The van der Waals surface area contributed by atoms with E-state index in [1.54, 1.807) is 18.3 Å². The molecular formula is C24H18FN5OS2. The highest BCUT2D eigenvalue weighted by Crippen LogP contribution is 2.27. The maximum Gasteiger partial charge on any atom is 0.282 e. The van der Waals surface area contributed by atoms with E-state index in [0.29, 0.717) is 27.2 Å². The largest absolute Gasteiger partial charge is 0.288 e. The Hall–Kier alpha value is -3.69. The van der Waals surface area contributed by atoms with Crippen molar-refractivity contribution in [2.24, 2.45) is 4.99 Å². The zero-order valence-electron chi connectivity index (χ0n) is 17.7. The van der Waals surface area contributed by atoms with Crippen molar-refractivity contribution >= 4 is 34.0 Å². The molecule has 33 heavy (non-hydrogen) atoms. The quantitative estimate of drug-likeness (QED) is 0.321. The van der Waals surface area contributed by atoms with Crippen LogP contribution in [0.5, 0.6) is 0 Å². The number of aromatic nitrogens is 4. The number of hydrogen-bond donors (Lipinski definition) is 1. The van der Waals surface area contributed by atoms with Gasteiger partial charge in [-0.05, 0) is 38.1 Å². The van der Waals surface area contributed by atoms with Crippen LogP contribution < -0.4 is 5.56 Å². The fourth-order valence-corrected chi connectivity index (χ4v) is 4.83. The molecule has 0 fully saturated rings. The Labute approximate surface area is 196 Å². The van der Waals surface area contributed by atoms with Gasteiger partial charge in [-0.15, -0.1) is 11.3 Å². The van der Waals surface area contributed by atoms with Crippen molar-refractivity contribution in [2.45, 2.75) is 13.8 Å². The zero-order chi connectivity index (χ0) is 22.9. The lowest BCUT2D eigenvalue weighted by molar-refractivity contribution is 0.628. The monoisotopic (exact) mass is 475 g/mol. The first-order valence-corrected chi connectivity index (χ1v) is 11.8. The number of nitrogens with zero attached hydrogens (tertiary/aromatic N) is 4. The van der Waals surface area contributed by atoms with Crippen LogP contribution in [0.15, 0.2) is 69.8 Å². The summed E-state index contributed by atoms with van der Waals surface area (Å²) in [5, 5.41) is 6.12. The molecule has 164 valence electrons. The Morgan fingerprint density at radius 1 is 1.03 bits per heavy atom. The smallest absolute Gasteiger partial charge is 0.282 e. The summed E-state index contributed by atoms with van der Waals surface area (Å²) < 4.78 is 14.7. The minimum absolute atomic E-state index is 0.261. The van der Waals surface area contributed by atoms with E-state index in [1.165, 1.54) is 39.5 Å². The molecule has 0 atom stereocenters. The van der Waals surface area contributed by atoms with E-state index in [9.17, 15) is 9.18 Å². The van der Waals surface area contributed by atoms with E-state index in [0.717, 1.165) is 21.7 Å². The van der Waals surface area contributed by atoms with Crippen LogP contribution in [-0.2, 0) is 0 Å². The second-order valence-corrected chi connectivity index (χ2v) is 9.34. The van der Waals surface area contributed by atoms with Gasteiger partial charge in [-0.1, -0.05) is 41.7 Å². The van der Waals surface area contributed by atoms with Crippen molar-refractivity contribution in [1.29, 1.82) is 0 Å². The first-order chi connectivity index (χ1) is 16.0. The van der Waals surface area contributed by atoms with E-state index >= 15 is 0 Å². The lowest BCUT2D eigenvalue weighted by Crippen LogP contribution is -2.17. The van der Waals surface area contributed by atoms with Crippen LogP contribution >= 0.6 is 22.7 Å². The van der Waals surface area contributed by atoms with Gasteiger partial charge in [0.1, 0.15) is 5.82 Å². The molecule has 6 nitrogen and oxygen atoms in total. The highest BCUT2D eigenvalue weighted by Gasteiger charge is 2.18. The summed E-state index contributed by atoms with van der Waals surface area (Å²) in [6.07, 6.45) is 1.56. The number of thiazole rings is 2. The lowest BCUT2D eigenvalue weighted by Gasteiger charge is -1.99. The van der Waals surface area contributed by atoms with Crippen LogP contribution in [-0.4, -0.2) is 26.0 Å². The zero-order valence-corrected chi connectivity index (χ0v) is 19.4. The summed E-state index contributed by atoms with van der Waals surface area (Å²) in [7, 11) is 0. The molecule has 5 rings (SSSR count). The number of H-pyrrole nitrogens is 1. The third kappa shape index (κ3) is 4.20. The highest BCUT2D eigenvalue weighted by atomic mass is 32.1. The van der Waals surface area contributed by atoms with Gasteiger partial charge in [0.15, 0.2) is 0 Å². The molecule has 3 heterocycles. The molecule has 0 amide bonds. The third-order valence-corrected chi connectivity index (χ3v) is 6.94. The molecule has 1 N–H and O–H groups in total. The average Bonchev–Trinajstić information content (AvgIpc) is 3.51. The van der Waals surface area contributed by atoms with E-state index in [2.05, 4.69) is 20.1 Å². The Kier molecular flexibility index (Phi) is 5.57. The summed E-state index contributed by atoms with van der Waals surface area (Å²) in [6, 6.07) is 15.7. The Bertz CT molecular complexity index is 1490. The van der Waals surface area contributed by atoms with Crippen molar-refractivity contribution in [3.8, 4) is 27.6 Å². The summed E-state index contributed by atoms with van der Waals surface area (Å²) in [5.74, 6) is -0.308. The molecule has 0 aliphatic heterocycles.